The number of benzene rings is 2. The quantitative estimate of drug-likeness (QED) is 0.646. The highest BCUT2D eigenvalue weighted by atomic mass is 16.2. The van der Waals surface area contributed by atoms with Gasteiger partial charge in [0.15, 0.2) is 0 Å². The SMILES string of the molecule is CC1CCc2[nH]c3ccc(C(=O)N4CCC(C(=O)Nc5ccccc5)CC4)cc3c2C1. The molecule has 2 heterocycles. The number of carbonyl (C=O) groups is 2. The standard InChI is InChI=1S/C26H29N3O2/c1-17-7-9-23-21(15-17)22-16-19(8-10-24(22)28-23)26(31)29-13-11-18(12-14-29)25(30)27-20-5-3-2-4-6-20/h2-6,8,10,16-18,28H,7,9,11-15H2,1H3,(H,27,30). The van der Waals surface area contributed by atoms with Crippen LogP contribution >= 0.6 is 0 Å². The molecule has 0 spiro atoms. The highest BCUT2D eigenvalue weighted by Crippen LogP contribution is 2.32. The summed E-state index contributed by atoms with van der Waals surface area (Å²) < 4.78 is 0. The number of hydrogen-bond acceptors (Lipinski definition) is 2. The Morgan fingerprint density at radius 2 is 1.81 bits per heavy atom. The lowest BCUT2D eigenvalue weighted by Gasteiger charge is -2.31. The third-order valence-corrected chi connectivity index (χ3v) is 6.88. The van der Waals surface area contributed by atoms with E-state index in [1.54, 1.807) is 0 Å². The number of nitrogens with one attached hydrogen (secondary N) is 2. The minimum absolute atomic E-state index is 0.0489. The molecule has 0 saturated carbocycles. The van der Waals surface area contributed by atoms with Crippen molar-refractivity contribution in [2.24, 2.45) is 11.8 Å². The van der Waals surface area contributed by atoms with E-state index in [2.05, 4.69) is 23.3 Å². The van der Waals surface area contributed by atoms with Crippen LogP contribution in [0, 0.1) is 11.8 Å². The number of amides is 2. The number of anilines is 1. The maximum absolute atomic E-state index is 13.2. The van der Waals surface area contributed by atoms with Crippen LogP contribution in [0.5, 0.6) is 0 Å². The van der Waals surface area contributed by atoms with E-state index in [1.807, 2.05) is 47.4 Å². The molecule has 0 radical (unpaired) electrons. The molecule has 2 amide bonds. The summed E-state index contributed by atoms with van der Waals surface area (Å²) in [5.74, 6) is 0.757. The van der Waals surface area contributed by atoms with Crippen LogP contribution < -0.4 is 5.32 Å². The summed E-state index contributed by atoms with van der Waals surface area (Å²) in [5.41, 5.74) is 5.43. The number of nitrogens with zero attached hydrogens (tertiary/aromatic N) is 1. The van der Waals surface area contributed by atoms with Crippen molar-refractivity contribution in [2.45, 2.75) is 39.0 Å². The van der Waals surface area contributed by atoms with Crippen LogP contribution in [0.1, 0.15) is 47.8 Å². The molecule has 2 aromatic carbocycles. The first kappa shape index (κ1) is 19.9. The zero-order valence-corrected chi connectivity index (χ0v) is 18.0. The molecule has 1 aromatic heterocycles. The van der Waals surface area contributed by atoms with Gasteiger partial charge in [0.1, 0.15) is 0 Å². The summed E-state index contributed by atoms with van der Waals surface area (Å²) in [6, 6.07) is 15.6. The normalized spacial score (nSPS) is 19.3. The molecule has 5 heteroatoms. The fourth-order valence-electron chi connectivity index (χ4n) is 5.02. The van der Waals surface area contributed by atoms with Gasteiger partial charge in [-0.1, -0.05) is 25.1 Å². The third-order valence-electron chi connectivity index (χ3n) is 6.88. The van der Waals surface area contributed by atoms with Crippen molar-refractivity contribution in [2.75, 3.05) is 18.4 Å². The number of piperidine rings is 1. The minimum atomic E-state index is -0.0510. The smallest absolute Gasteiger partial charge is 0.253 e. The van der Waals surface area contributed by atoms with Crippen molar-refractivity contribution < 1.29 is 9.59 Å². The summed E-state index contributed by atoms with van der Waals surface area (Å²) >= 11 is 0. The van der Waals surface area contributed by atoms with Crippen molar-refractivity contribution in [1.29, 1.82) is 0 Å². The summed E-state index contributed by atoms with van der Waals surface area (Å²) in [6.45, 7) is 3.53. The lowest BCUT2D eigenvalue weighted by molar-refractivity contribution is -0.121. The molecule has 2 aliphatic rings. The number of aromatic amines is 1. The Labute approximate surface area is 182 Å². The van der Waals surface area contributed by atoms with Gasteiger partial charge in [-0.2, -0.15) is 0 Å². The van der Waals surface area contributed by atoms with Crippen LogP contribution in [-0.2, 0) is 17.6 Å². The maximum atomic E-state index is 13.2. The van der Waals surface area contributed by atoms with Crippen molar-refractivity contribution in [3.05, 3.63) is 65.4 Å². The van der Waals surface area contributed by atoms with Gasteiger partial charge in [0, 0.05) is 46.9 Å². The molecule has 1 aliphatic heterocycles. The molecule has 5 rings (SSSR count). The monoisotopic (exact) mass is 415 g/mol. The van der Waals surface area contributed by atoms with Gasteiger partial charge >= 0.3 is 0 Å². The van der Waals surface area contributed by atoms with E-state index in [9.17, 15) is 9.59 Å². The number of H-pyrrole nitrogens is 1. The van der Waals surface area contributed by atoms with E-state index in [0.717, 1.165) is 29.6 Å². The van der Waals surface area contributed by atoms with Gasteiger partial charge in [-0.3, -0.25) is 9.59 Å². The maximum Gasteiger partial charge on any atom is 0.253 e. The Morgan fingerprint density at radius 3 is 2.58 bits per heavy atom. The number of para-hydroxylation sites is 1. The number of rotatable bonds is 3. The average molecular weight is 416 g/mol. The Bertz CT molecular complexity index is 1110. The molecular formula is C26H29N3O2. The third kappa shape index (κ3) is 3.97. The zero-order valence-electron chi connectivity index (χ0n) is 18.0. The highest BCUT2D eigenvalue weighted by Gasteiger charge is 2.28. The van der Waals surface area contributed by atoms with E-state index in [1.165, 1.54) is 23.1 Å². The fourth-order valence-corrected chi connectivity index (χ4v) is 5.02. The molecule has 31 heavy (non-hydrogen) atoms. The Kier molecular flexibility index (Phi) is 5.26. The molecule has 5 nitrogen and oxygen atoms in total. The largest absolute Gasteiger partial charge is 0.358 e. The predicted molar refractivity (Wildman–Crippen MR) is 123 cm³/mol. The summed E-state index contributed by atoms with van der Waals surface area (Å²) in [7, 11) is 0. The van der Waals surface area contributed by atoms with Gasteiger partial charge in [0.25, 0.3) is 5.91 Å². The molecular weight excluding hydrogens is 386 g/mol. The lowest BCUT2D eigenvalue weighted by Crippen LogP contribution is -2.41. The summed E-state index contributed by atoms with van der Waals surface area (Å²) in [4.78, 5) is 31.2. The van der Waals surface area contributed by atoms with Gasteiger partial charge in [-0.15, -0.1) is 0 Å². The molecule has 160 valence electrons. The number of fused-ring (bicyclic) bond motifs is 3. The summed E-state index contributed by atoms with van der Waals surface area (Å²) in [5, 5.41) is 4.19. The second kappa shape index (κ2) is 8.22. The predicted octanol–water partition coefficient (Wildman–Crippen LogP) is 4.78. The van der Waals surface area contributed by atoms with Crippen molar-refractivity contribution >= 4 is 28.4 Å². The van der Waals surface area contributed by atoms with E-state index >= 15 is 0 Å². The van der Waals surface area contributed by atoms with Crippen molar-refractivity contribution in [1.82, 2.24) is 9.88 Å². The molecule has 1 aliphatic carbocycles. The molecule has 3 aromatic rings. The molecule has 1 atom stereocenters. The first-order valence-electron chi connectivity index (χ1n) is 11.4. The number of aromatic nitrogens is 1. The van der Waals surface area contributed by atoms with Gasteiger partial charge in [-0.05, 0) is 73.9 Å². The molecule has 0 bridgehead atoms. The van der Waals surface area contributed by atoms with Crippen LogP contribution in [0.2, 0.25) is 0 Å². The number of hydrogen-bond donors (Lipinski definition) is 2. The van der Waals surface area contributed by atoms with E-state index < -0.39 is 0 Å². The van der Waals surface area contributed by atoms with Crippen molar-refractivity contribution in [3.63, 3.8) is 0 Å². The average Bonchev–Trinajstić information content (AvgIpc) is 3.16. The molecule has 1 saturated heterocycles. The van der Waals surface area contributed by atoms with E-state index in [0.29, 0.717) is 31.8 Å². The highest BCUT2D eigenvalue weighted by molar-refractivity contribution is 5.99. The van der Waals surface area contributed by atoms with Crippen LogP contribution in [-0.4, -0.2) is 34.8 Å². The lowest BCUT2D eigenvalue weighted by atomic mass is 9.87. The van der Waals surface area contributed by atoms with Gasteiger partial charge in [-0.25, -0.2) is 0 Å². The second-order valence-electron chi connectivity index (χ2n) is 9.11. The van der Waals surface area contributed by atoms with E-state index in [4.69, 9.17) is 0 Å². The van der Waals surface area contributed by atoms with Gasteiger partial charge in [0.2, 0.25) is 5.91 Å². The van der Waals surface area contributed by atoms with Crippen LogP contribution in [0.15, 0.2) is 48.5 Å². The number of carbonyl (C=O) groups excluding carboxylic acids is 2. The molecule has 2 N–H and O–H groups in total. The van der Waals surface area contributed by atoms with E-state index in [-0.39, 0.29) is 17.7 Å². The van der Waals surface area contributed by atoms with Crippen molar-refractivity contribution in [3.8, 4) is 0 Å². The molecule has 1 unspecified atom stereocenters. The van der Waals surface area contributed by atoms with Gasteiger partial charge in [0.05, 0.1) is 0 Å². The van der Waals surface area contributed by atoms with Gasteiger partial charge < -0.3 is 15.2 Å². The fraction of sp³-hybridized carbons (Fsp3) is 0.385. The first-order valence-corrected chi connectivity index (χ1v) is 11.4. The number of aryl methyl sites for hydroxylation is 1. The second-order valence-corrected chi connectivity index (χ2v) is 9.11. The van der Waals surface area contributed by atoms with Crippen LogP contribution in [0.4, 0.5) is 5.69 Å². The Morgan fingerprint density at radius 1 is 1.03 bits per heavy atom. The topological polar surface area (TPSA) is 65.2 Å². The first-order chi connectivity index (χ1) is 15.1. The Hall–Kier alpha value is -3.08. The summed E-state index contributed by atoms with van der Waals surface area (Å²) in [6.07, 6.45) is 4.79. The van der Waals surface area contributed by atoms with Crippen LogP contribution in [0.25, 0.3) is 10.9 Å². The Balaban J connectivity index is 1.26. The number of likely N-dealkylation sites (tertiary alicyclic amines) is 1. The minimum Gasteiger partial charge on any atom is -0.358 e. The molecule has 1 fully saturated rings. The van der Waals surface area contributed by atoms with Crippen LogP contribution in [0.3, 0.4) is 0 Å². The zero-order chi connectivity index (χ0) is 21.4.